The first kappa shape index (κ1) is 22.8. The third-order valence-corrected chi connectivity index (χ3v) is 5.24. The highest BCUT2D eigenvalue weighted by Gasteiger charge is 2.17. The lowest BCUT2D eigenvalue weighted by Gasteiger charge is -2.22. The molecule has 0 unspecified atom stereocenters. The van der Waals surface area contributed by atoms with Crippen LogP contribution in [0.5, 0.6) is 11.5 Å². The van der Waals surface area contributed by atoms with Crippen LogP contribution in [0.15, 0.2) is 12.1 Å². The number of ether oxygens (including phenoxy) is 2. The van der Waals surface area contributed by atoms with E-state index in [0.717, 1.165) is 5.56 Å². The van der Waals surface area contributed by atoms with Crippen molar-refractivity contribution in [2.45, 2.75) is 83.8 Å². The molecule has 158 valence electrons. The van der Waals surface area contributed by atoms with E-state index in [9.17, 15) is 4.79 Å². The topological polar surface area (TPSA) is 59.6 Å². The van der Waals surface area contributed by atoms with Crippen LogP contribution in [0.1, 0.15) is 71.3 Å². The normalized spacial score (nSPS) is 16.2. The fraction of sp³-hybridized carbons (Fsp3) is 0.682. The molecule has 0 radical (unpaired) electrons. The third kappa shape index (κ3) is 7.88. The highest BCUT2D eigenvalue weighted by atomic mass is 35.5. The van der Waals surface area contributed by atoms with E-state index in [1.807, 2.05) is 26.8 Å². The molecule has 0 aliphatic heterocycles. The Bertz CT molecular complexity index is 635. The Morgan fingerprint density at radius 3 is 2.36 bits per heavy atom. The second-order valence-corrected chi connectivity index (χ2v) is 9.01. The molecule has 0 saturated heterocycles. The minimum Gasteiger partial charge on any atom is -0.493 e. The average molecular weight is 411 g/mol. The summed E-state index contributed by atoms with van der Waals surface area (Å²) in [7, 11) is 1.59. The molecule has 0 spiro atoms. The molecule has 1 aliphatic rings. The number of hydrogen-bond acceptors (Lipinski definition) is 4. The number of carbonyl (C=O) groups excluding carboxylic acids is 1. The van der Waals surface area contributed by atoms with E-state index in [1.165, 1.54) is 44.9 Å². The second-order valence-electron chi connectivity index (χ2n) is 8.60. The quantitative estimate of drug-likeness (QED) is 0.674. The summed E-state index contributed by atoms with van der Waals surface area (Å²) >= 11 is 6.48. The second kappa shape index (κ2) is 10.9. The minimum absolute atomic E-state index is 0.0797. The molecule has 1 amide bonds. The zero-order valence-corrected chi connectivity index (χ0v) is 18.5. The molecule has 2 N–H and O–H groups in total. The summed E-state index contributed by atoms with van der Waals surface area (Å²) < 4.78 is 11.1. The van der Waals surface area contributed by atoms with Crippen LogP contribution in [0.2, 0.25) is 5.02 Å². The Labute approximate surface area is 174 Å². The number of carbonyl (C=O) groups is 1. The van der Waals surface area contributed by atoms with Gasteiger partial charge in [-0.05, 0) is 45.2 Å². The fourth-order valence-electron chi connectivity index (χ4n) is 3.50. The van der Waals surface area contributed by atoms with Crippen molar-refractivity contribution in [1.82, 2.24) is 10.6 Å². The van der Waals surface area contributed by atoms with E-state index >= 15 is 0 Å². The summed E-state index contributed by atoms with van der Waals surface area (Å²) in [6.45, 7) is 6.41. The smallest absolute Gasteiger partial charge is 0.258 e. The number of benzene rings is 1. The maximum atomic E-state index is 12.0. The van der Waals surface area contributed by atoms with Crippen molar-refractivity contribution < 1.29 is 14.3 Å². The summed E-state index contributed by atoms with van der Waals surface area (Å²) in [6.07, 6.45) is 9.06. The summed E-state index contributed by atoms with van der Waals surface area (Å²) in [4.78, 5) is 12.0. The van der Waals surface area contributed by atoms with Crippen molar-refractivity contribution in [1.29, 1.82) is 0 Å². The Kier molecular flexibility index (Phi) is 8.90. The third-order valence-electron chi connectivity index (χ3n) is 4.89. The molecular weight excluding hydrogens is 376 g/mol. The molecule has 0 atom stereocenters. The van der Waals surface area contributed by atoms with Gasteiger partial charge >= 0.3 is 0 Å². The number of amides is 1. The lowest BCUT2D eigenvalue weighted by atomic mass is 9.96. The van der Waals surface area contributed by atoms with Gasteiger partial charge in [0.1, 0.15) is 0 Å². The van der Waals surface area contributed by atoms with Crippen LogP contribution >= 0.6 is 11.6 Å². The molecule has 0 aromatic heterocycles. The highest BCUT2D eigenvalue weighted by Crippen LogP contribution is 2.33. The highest BCUT2D eigenvalue weighted by molar-refractivity contribution is 6.31. The summed E-state index contributed by atoms with van der Waals surface area (Å²) in [6, 6.07) is 4.18. The van der Waals surface area contributed by atoms with Crippen LogP contribution in [0.3, 0.4) is 0 Å². The number of rotatable bonds is 7. The molecular formula is C22H35ClN2O3. The first-order valence-electron chi connectivity index (χ1n) is 10.3. The standard InChI is InChI=1S/C22H35ClN2O3/c1-22(2,3)25-21(26)15-28-20-13-18(23)16(12-19(20)27-4)14-24-17-10-8-6-5-7-9-11-17/h12-13,17,24H,5-11,14-15H2,1-4H3,(H,25,26). The van der Waals surface area contributed by atoms with E-state index in [0.29, 0.717) is 29.1 Å². The largest absolute Gasteiger partial charge is 0.493 e. The minimum atomic E-state index is -0.297. The van der Waals surface area contributed by atoms with E-state index in [4.69, 9.17) is 21.1 Å². The lowest BCUT2D eigenvalue weighted by molar-refractivity contribution is -0.124. The molecule has 1 fully saturated rings. The SMILES string of the molecule is COc1cc(CNC2CCCCCCC2)c(Cl)cc1OCC(=O)NC(C)(C)C. The van der Waals surface area contributed by atoms with Gasteiger partial charge in [-0.2, -0.15) is 0 Å². The molecule has 28 heavy (non-hydrogen) atoms. The molecule has 2 rings (SSSR count). The fourth-order valence-corrected chi connectivity index (χ4v) is 3.72. The van der Waals surface area contributed by atoms with Crippen LogP contribution in [0.25, 0.3) is 0 Å². The zero-order valence-electron chi connectivity index (χ0n) is 17.7. The number of nitrogens with one attached hydrogen (secondary N) is 2. The zero-order chi connectivity index (χ0) is 20.6. The summed E-state index contributed by atoms with van der Waals surface area (Å²) in [5.74, 6) is 0.884. The molecule has 6 heteroatoms. The van der Waals surface area contributed by atoms with Crippen molar-refractivity contribution in [2.75, 3.05) is 13.7 Å². The van der Waals surface area contributed by atoms with Crippen LogP contribution in [0, 0.1) is 0 Å². The average Bonchev–Trinajstić information content (AvgIpc) is 2.58. The van der Waals surface area contributed by atoms with Crippen molar-refractivity contribution in [3.05, 3.63) is 22.7 Å². The monoisotopic (exact) mass is 410 g/mol. The van der Waals surface area contributed by atoms with Crippen molar-refractivity contribution in [3.63, 3.8) is 0 Å². The van der Waals surface area contributed by atoms with E-state index in [2.05, 4.69) is 10.6 Å². The van der Waals surface area contributed by atoms with Crippen molar-refractivity contribution in [2.24, 2.45) is 0 Å². The van der Waals surface area contributed by atoms with Crippen LogP contribution in [-0.4, -0.2) is 31.2 Å². The molecule has 0 heterocycles. The van der Waals surface area contributed by atoms with Gasteiger partial charge in [-0.15, -0.1) is 0 Å². The van der Waals surface area contributed by atoms with Gasteiger partial charge in [-0.1, -0.05) is 43.7 Å². The first-order valence-corrected chi connectivity index (χ1v) is 10.7. The Hall–Kier alpha value is -1.46. The van der Waals surface area contributed by atoms with Crippen LogP contribution < -0.4 is 20.1 Å². The predicted molar refractivity (Wildman–Crippen MR) is 114 cm³/mol. The van der Waals surface area contributed by atoms with Gasteiger partial charge in [-0.3, -0.25) is 4.79 Å². The van der Waals surface area contributed by atoms with Gasteiger partial charge in [0.25, 0.3) is 5.91 Å². The van der Waals surface area contributed by atoms with Crippen LogP contribution in [-0.2, 0) is 11.3 Å². The van der Waals surface area contributed by atoms with Gasteiger partial charge in [0.15, 0.2) is 18.1 Å². The summed E-state index contributed by atoms with van der Waals surface area (Å²) in [5, 5.41) is 7.14. The maximum Gasteiger partial charge on any atom is 0.258 e. The van der Waals surface area contributed by atoms with Gasteiger partial charge in [0.2, 0.25) is 0 Å². The van der Waals surface area contributed by atoms with E-state index in [-0.39, 0.29) is 18.1 Å². The number of halogens is 1. The Balaban J connectivity index is 1.96. The Morgan fingerprint density at radius 2 is 1.75 bits per heavy atom. The van der Waals surface area contributed by atoms with Gasteiger partial charge < -0.3 is 20.1 Å². The molecule has 1 saturated carbocycles. The molecule has 1 aliphatic carbocycles. The van der Waals surface area contributed by atoms with Crippen LogP contribution in [0.4, 0.5) is 0 Å². The molecule has 5 nitrogen and oxygen atoms in total. The van der Waals surface area contributed by atoms with Crippen molar-refractivity contribution in [3.8, 4) is 11.5 Å². The number of methoxy groups -OCH3 is 1. The van der Waals surface area contributed by atoms with Gasteiger partial charge in [0.05, 0.1) is 7.11 Å². The Morgan fingerprint density at radius 1 is 1.11 bits per heavy atom. The molecule has 0 bridgehead atoms. The van der Waals surface area contributed by atoms with Gasteiger partial charge in [0, 0.05) is 29.2 Å². The first-order chi connectivity index (χ1) is 13.3. The van der Waals surface area contributed by atoms with Gasteiger partial charge in [-0.25, -0.2) is 0 Å². The molecule has 1 aromatic carbocycles. The molecule has 1 aromatic rings. The predicted octanol–water partition coefficient (Wildman–Crippen LogP) is 4.84. The summed E-state index contributed by atoms with van der Waals surface area (Å²) in [5.41, 5.74) is 0.682. The van der Waals surface area contributed by atoms with Crippen molar-refractivity contribution >= 4 is 17.5 Å². The van der Waals surface area contributed by atoms with E-state index < -0.39 is 0 Å². The number of hydrogen-bond donors (Lipinski definition) is 2. The van der Waals surface area contributed by atoms with E-state index in [1.54, 1.807) is 13.2 Å². The maximum absolute atomic E-state index is 12.0. The lowest BCUT2D eigenvalue weighted by Crippen LogP contribution is -2.43.